The molecule has 0 saturated heterocycles. The van der Waals surface area contributed by atoms with Crippen LogP contribution in [0.3, 0.4) is 0 Å². The van der Waals surface area contributed by atoms with Crippen molar-refractivity contribution in [1.29, 1.82) is 0 Å². The summed E-state index contributed by atoms with van der Waals surface area (Å²) < 4.78 is 6.19. The molecule has 2 fully saturated rings. The van der Waals surface area contributed by atoms with E-state index in [2.05, 4.69) is 67.2 Å². The molecule has 0 spiro atoms. The van der Waals surface area contributed by atoms with Gasteiger partial charge in [-0.3, -0.25) is 4.79 Å². The van der Waals surface area contributed by atoms with Gasteiger partial charge in [0.25, 0.3) is 0 Å². The largest absolute Gasteiger partial charge is 0.481 e. The molecule has 5 nitrogen and oxygen atoms in total. The maximum Gasteiger partial charge on any atom is 0.338 e. The number of carbonyl (C=O) groups excluding carboxylic acids is 1. The van der Waals surface area contributed by atoms with E-state index in [4.69, 9.17) is 4.74 Å². The van der Waals surface area contributed by atoms with Crippen molar-refractivity contribution in [2.75, 3.05) is 0 Å². The monoisotopic (exact) mass is 588 g/mol. The van der Waals surface area contributed by atoms with Crippen LogP contribution >= 0.6 is 0 Å². The van der Waals surface area contributed by atoms with Crippen LogP contribution in [0.15, 0.2) is 65.8 Å². The number of esters is 1. The summed E-state index contributed by atoms with van der Waals surface area (Å²) in [6.45, 7) is 19.8. The Morgan fingerprint density at radius 2 is 1.72 bits per heavy atom. The minimum absolute atomic E-state index is 0.0855. The molecule has 0 heterocycles. The maximum atomic E-state index is 13.0. The first kappa shape index (κ1) is 31.8. The summed E-state index contributed by atoms with van der Waals surface area (Å²) in [6.07, 6.45) is 9.03. The van der Waals surface area contributed by atoms with Crippen LogP contribution in [0.2, 0.25) is 0 Å². The van der Waals surface area contributed by atoms with E-state index in [9.17, 15) is 19.8 Å². The second-order valence-corrected chi connectivity index (χ2v) is 15.6. The number of carboxylic acid groups (broad SMARTS) is 1. The number of aliphatic hydroxyl groups excluding tert-OH is 1. The minimum Gasteiger partial charge on any atom is -0.481 e. The highest BCUT2D eigenvalue weighted by atomic mass is 16.5. The molecule has 1 aromatic carbocycles. The third-order valence-electron chi connectivity index (χ3n) is 12.8. The molecule has 2 unspecified atom stereocenters. The van der Waals surface area contributed by atoms with Gasteiger partial charge in [0.15, 0.2) is 0 Å². The van der Waals surface area contributed by atoms with Crippen LogP contribution in [-0.4, -0.2) is 34.4 Å². The number of fused-ring (bicyclic) bond motifs is 5. The van der Waals surface area contributed by atoms with Gasteiger partial charge >= 0.3 is 11.9 Å². The van der Waals surface area contributed by atoms with Crippen LogP contribution < -0.4 is 0 Å². The third-order valence-corrected chi connectivity index (χ3v) is 12.8. The molecule has 0 radical (unpaired) electrons. The van der Waals surface area contributed by atoms with Crippen LogP contribution in [0, 0.1) is 45.3 Å². The number of benzene rings is 1. The highest BCUT2D eigenvalue weighted by Gasteiger charge is 2.66. The Balaban J connectivity index is 1.44. The van der Waals surface area contributed by atoms with Crippen LogP contribution in [0.1, 0.15) is 104 Å². The van der Waals surface area contributed by atoms with E-state index in [0.717, 1.165) is 31.3 Å². The number of aliphatic hydroxyl groups is 1. The van der Waals surface area contributed by atoms with Crippen molar-refractivity contribution in [1.82, 2.24) is 0 Å². The Hall–Kier alpha value is -2.66. The van der Waals surface area contributed by atoms with Crippen LogP contribution in [0.5, 0.6) is 0 Å². The van der Waals surface area contributed by atoms with Crippen molar-refractivity contribution in [3.05, 3.63) is 71.3 Å². The maximum absolute atomic E-state index is 13.0. The zero-order valence-corrected chi connectivity index (χ0v) is 27.3. The Labute approximate surface area is 258 Å². The predicted molar refractivity (Wildman–Crippen MR) is 170 cm³/mol. The van der Waals surface area contributed by atoms with Crippen molar-refractivity contribution >= 4 is 11.9 Å². The van der Waals surface area contributed by atoms with Crippen molar-refractivity contribution < 1.29 is 24.5 Å². The van der Waals surface area contributed by atoms with Gasteiger partial charge in [-0.05, 0) is 90.9 Å². The number of aliphatic carboxylic acids is 1. The Bertz CT molecular complexity index is 1340. The smallest absolute Gasteiger partial charge is 0.338 e. The molecule has 0 aliphatic heterocycles. The molecule has 4 aliphatic carbocycles. The fraction of sp³-hybridized carbons (Fsp3) is 0.632. The molecule has 2 saturated carbocycles. The second-order valence-electron chi connectivity index (χ2n) is 15.6. The van der Waals surface area contributed by atoms with E-state index in [1.165, 1.54) is 11.1 Å². The van der Waals surface area contributed by atoms with E-state index < -0.39 is 18.0 Å². The summed E-state index contributed by atoms with van der Waals surface area (Å²) in [7, 11) is 0. The molecule has 234 valence electrons. The number of allylic oxidation sites excluding steroid dienone is 5. The highest BCUT2D eigenvalue weighted by Crippen LogP contribution is 2.72. The number of carbonyl (C=O) groups is 2. The summed E-state index contributed by atoms with van der Waals surface area (Å²) in [4.78, 5) is 25.8. The molecule has 5 heteroatoms. The Kier molecular flexibility index (Phi) is 8.16. The van der Waals surface area contributed by atoms with Crippen LogP contribution in [-0.2, 0) is 9.53 Å². The molecule has 0 bridgehead atoms. The number of rotatable bonds is 8. The minimum atomic E-state index is -0.810. The van der Waals surface area contributed by atoms with Crippen molar-refractivity contribution in [3.8, 4) is 0 Å². The van der Waals surface area contributed by atoms with Crippen molar-refractivity contribution in [2.24, 2.45) is 45.3 Å². The fourth-order valence-corrected chi connectivity index (χ4v) is 9.87. The van der Waals surface area contributed by atoms with Gasteiger partial charge in [0.2, 0.25) is 0 Å². The quantitative estimate of drug-likeness (QED) is 0.235. The lowest BCUT2D eigenvalue weighted by molar-refractivity contribution is -0.148. The van der Waals surface area contributed by atoms with Gasteiger partial charge in [-0.1, -0.05) is 91.0 Å². The van der Waals surface area contributed by atoms with Gasteiger partial charge in [0.05, 0.1) is 17.6 Å². The first-order valence-corrected chi connectivity index (χ1v) is 16.3. The third kappa shape index (κ3) is 4.94. The number of carboxylic acids is 1. The first-order chi connectivity index (χ1) is 20.1. The summed E-state index contributed by atoms with van der Waals surface area (Å²) in [5.41, 5.74) is 3.33. The van der Waals surface area contributed by atoms with E-state index in [0.29, 0.717) is 36.7 Å². The molecule has 8 atom stereocenters. The van der Waals surface area contributed by atoms with Crippen LogP contribution in [0.25, 0.3) is 0 Å². The van der Waals surface area contributed by atoms with E-state index >= 15 is 0 Å². The molecule has 0 amide bonds. The molecule has 5 rings (SSSR count). The standard InChI is InChI=1S/C38H52O5/c1-23(2)24(3)14-15-26(33(40)41)32-29(39)22-38(8)28-16-17-30-35(4,5)31(43-34(42)25-12-10-9-11-13-25)19-20-36(30,6)27(28)18-21-37(32,38)7/h9-13,16,18,23,26,29-32,39H,3,14-15,17,19-22H2,1-2,4-8H3,(H,40,41)/t26?,29-,30?,31+,32+,36-,37-,38+/m1/s1. The average Bonchev–Trinajstić information content (AvgIpc) is 3.15. The van der Waals surface area contributed by atoms with Crippen molar-refractivity contribution in [2.45, 2.75) is 106 Å². The lowest BCUT2D eigenvalue weighted by atomic mass is 9.44. The predicted octanol–water partition coefficient (Wildman–Crippen LogP) is 8.40. The average molecular weight is 589 g/mol. The topological polar surface area (TPSA) is 83.8 Å². The van der Waals surface area contributed by atoms with E-state index in [1.54, 1.807) is 12.1 Å². The first-order valence-electron chi connectivity index (χ1n) is 16.3. The van der Waals surface area contributed by atoms with Gasteiger partial charge in [-0.15, -0.1) is 0 Å². The molecule has 43 heavy (non-hydrogen) atoms. The SMILES string of the molecule is C=C(CCC(C(=O)O)[C@H]1[C@H](O)C[C@@]2(C)C3=CCC4C(C)(C)[C@@H](OC(=O)c5ccccc5)CC[C@]4(C)C3=CC[C@]12C)C(C)C. The summed E-state index contributed by atoms with van der Waals surface area (Å²) in [5.74, 6) is -1.41. The van der Waals surface area contributed by atoms with E-state index in [-0.39, 0.29) is 39.7 Å². The van der Waals surface area contributed by atoms with Crippen molar-refractivity contribution in [3.63, 3.8) is 0 Å². The molecular formula is C38H52O5. The van der Waals surface area contributed by atoms with Crippen LogP contribution in [0.4, 0.5) is 0 Å². The zero-order chi connectivity index (χ0) is 31.5. The molecule has 4 aliphatic rings. The normalized spacial score (nSPS) is 36.9. The lowest BCUT2D eigenvalue weighted by Gasteiger charge is -2.61. The Morgan fingerprint density at radius 3 is 2.35 bits per heavy atom. The zero-order valence-electron chi connectivity index (χ0n) is 27.3. The number of hydrogen-bond acceptors (Lipinski definition) is 4. The molecule has 1 aromatic rings. The number of hydrogen-bond donors (Lipinski definition) is 2. The van der Waals surface area contributed by atoms with Gasteiger partial charge in [-0.2, -0.15) is 0 Å². The summed E-state index contributed by atoms with van der Waals surface area (Å²) >= 11 is 0. The van der Waals surface area contributed by atoms with Gasteiger partial charge in [-0.25, -0.2) is 4.79 Å². The summed E-state index contributed by atoms with van der Waals surface area (Å²) in [6, 6.07) is 9.24. The Morgan fingerprint density at radius 1 is 1.05 bits per heavy atom. The lowest BCUT2D eigenvalue weighted by Crippen LogP contribution is -2.55. The summed E-state index contributed by atoms with van der Waals surface area (Å²) in [5, 5.41) is 22.1. The molecule has 2 N–H and O–H groups in total. The van der Waals surface area contributed by atoms with Gasteiger partial charge in [0.1, 0.15) is 6.10 Å². The molecule has 0 aromatic heterocycles. The second kappa shape index (κ2) is 11.1. The van der Waals surface area contributed by atoms with Gasteiger partial charge < -0.3 is 14.9 Å². The van der Waals surface area contributed by atoms with Gasteiger partial charge in [0, 0.05) is 16.7 Å². The number of ether oxygens (including phenoxy) is 1. The highest BCUT2D eigenvalue weighted by molar-refractivity contribution is 5.89. The van der Waals surface area contributed by atoms with E-state index in [1.807, 2.05) is 18.2 Å². The fourth-order valence-electron chi connectivity index (χ4n) is 9.87. The molecular weight excluding hydrogens is 536 g/mol.